The van der Waals surface area contributed by atoms with Crippen LogP contribution in [0.2, 0.25) is 0 Å². The van der Waals surface area contributed by atoms with Crippen molar-refractivity contribution in [1.82, 2.24) is 9.35 Å². The van der Waals surface area contributed by atoms with E-state index in [-0.39, 0.29) is 0 Å². The van der Waals surface area contributed by atoms with Crippen molar-refractivity contribution >= 4 is 33.7 Å². The van der Waals surface area contributed by atoms with E-state index in [9.17, 15) is 0 Å². The molecule has 0 amide bonds. The van der Waals surface area contributed by atoms with Crippen molar-refractivity contribution in [3.8, 4) is 0 Å². The van der Waals surface area contributed by atoms with Gasteiger partial charge in [0.25, 0.3) is 0 Å². The second-order valence-corrected chi connectivity index (χ2v) is 12.4. The summed E-state index contributed by atoms with van der Waals surface area (Å²) in [7, 11) is 0. The Morgan fingerprint density at radius 3 is 1.10 bits per heavy atom. The van der Waals surface area contributed by atoms with Gasteiger partial charge >= 0.3 is 0 Å². The highest BCUT2D eigenvalue weighted by molar-refractivity contribution is 6.31. The summed E-state index contributed by atoms with van der Waals surface area (Å²) < 4.78 is 4.45. The van der Waals surface area contributed by atoms with E-state index in [2.05, 4.69) is 185 Å². The van der Waals surface area contributed by atoms with Gasteiger partial charge in [0, 0.05) is 22.3 Å². The number of allylic oxidation sites excluding steroid dienone is 4. The zero-order valence-corrected chi connectivity index (χ0v) is 26.5. The molecule has 6 aromatic rings. The van der Waals surface area contributed by atoms with Gasteiger partial charge in [-0.3, -0.25) is 0 Å². The second-order valence-electron chi connectivity index (χ2n) is 12.4. The van der Waals surface area contributed by atoms with Crippen molar-refractivity contribution < 1.29 is 0 Å². The van der Waals surface area contributed by atoms with Gasteiger partial charge in [-0.15, -0.1) is 0 Å². The first-order valence-corrected chi connectivity index (χ1v) is 16.5. The molecule has 0 spiro atoms. The van der Waals surface area contributed by atoms with Crippen LogP contribution < -0.4 is 16.2 Å². The Labute approximate surface area is 283 Å². The first kappa shape index (κ1) is 27.4. The van der Waals surface area contributed by atoms with E-state index in [1.807, 2.05) is 0 Å². The number of benzene rings is 4. The number of hydrogen-bond donors (Lipinski definition) is 1. The Hall–Kier alpha value is -6.72. The monoisotopic (exact) mass is 627 g/mol. The van der Waals surface area contributed by atoms with Gasteiger partial charge in [-0.1, -0.05) is 121 Å². The first-order valence-electron chi connectivity index (χ1n) is 16.5. The lowest BCUT2D eigenvalue weighted by atomic mass is 10.0. The second kappa shape index (κ2) is 10.9. The Bertz CT molecular complexity index is 2450. The highest BCUT2D eigenvalue weighted by Crippen LogP contribution is 2.38. The molecule has 0 radical (unpaired) electrons. The third-order valence-electron chi connectivity index (χ3n) is 9.54. The van der Waals surface area contributed by atoms with Gasteiger partial charge in [-0.25, -0.2) is 24.9 Å². The van der Waals surface area contributed by atoms with Crippen LogP contribution in [-0.4, -0.2) is 20.8 Å². The number of hydrogen-bond acceptors (Lipinski definition) is 3. The van der Waals surface area contributed by atoms with Crippen molar-refractivity contribution in [2.24, 2.45) is 9.98 Å². The molecule has 5 nitrogen and oxygen atoms in total. The van der Waals surface area contributed by atoms with Crippen molar-refractivity contribution in [2.45, 2.75) is 0 Å². The molecule has 4 aromatic carbocycles. The maximum absolute atomic E-state index is 5.40. The van der Waals surface area contributed by atoms with Gasteiger partial charge in [0.05, 0.1) is 44.9 Å². The third-order valence-corrected chi connectivity index (χ3v) is 9.54. The molecule has 0 atom stereocenters. The number of fused-ring (bicyclic) bond motifs is 2. The van der Waals surface area contributed by atoms with Crippen LogP contribution in [0, 0.1) is 0 Å². The molecule has 2 aromatic heterocycles. The molecule has 0 fully saturated rings. The molecule has 4 aliphatic heterocycles. The lowest BCUT2D eigenvalue weighted by Crippen LogP contribution is -2.42. The van der Waals surface area contributed by atoms with E-state index in [1.165, 1.54) is 0 Å². The molecule has 0 saturated carbocycles. The van der Waals surface area contributed by atoms with Gasteiger partial charge < -0.3 is 0 Å². The van der Waals surface area contributed by atoms with Crippen molar-refractivity contribution in [2.75, 3.05) is 5.53 Å². The lowest BCUT2D eigenvalue weighted by Gasteiger charge is -2.24. The molecule has 0 saturated heterocycles. The molecule has 4 aliphatic rings. The number of nitrogens with zero attached hydrogens (tertiary/aromatic N) is 4. The summed E-state index contributed by atoms with van der Waals surface area (Å²) >= 11 is 0. The van der Waals surface area contributed by atoms with Crippen LogP contribution in [0.25, 0.3) is 22.3 Å². The summed E-state index contributed by atoms with van der Waals surface area (Å²) in [6.45, 7) is 0. The third kappa shape index (κ3) is 4.33. The largest absolute Gasteiger partial charge is 0.248 e. The first-order chi connectivity index (χ1) is 24.3. The zero-order valence-electron chi connectivity index (χ0n) is 26.5. The van der Waals surface area contributed by atoms with Crippen molar-refractivity contribution in [1.29, 1.82) is 0 Å². The molecule has 1 N–H and O–H groups in total. The fourth-order valence-electron chi connectivity index (χ4n) is 7.38. The minimum absolute atomic E-state index is 0.918. The number of aliphatic imine (C=N–C) groups is 2. The van der Waals surface area contributed by atoms with Crippen LogP contribution in [0.15, 0.2) is 191 Å². The maximum atomic E-state index is 5.40. The minimum atomic E-state index is 0.918. The Kier molecular flexibility index (Phi) is 6.11. The predicted molar refractivity (Wildman–Crippen MR) is 199 cm³/mol. The predicted octanol–water partition coefficient (Wildman–Crippen LogP) is 7.26. The van der Waals surface area contributed by atoms with Gasteiger partial charge in [0.2, 0.25) is 0 Å². The number of nitrogens with one attached hydrogen (secondary N) is 1. The molecule has 230 valence electrons. The smallest absolute Gasteiger partial charge is 0.0746 e. The fourth-order valence-corrected chi connectivity index (χ4v) is 7.38. The molecule has 10 rings (SSSR count). The Morgan fingerprint density at radius 1 is 0.347 bits per heavy atom. The molecule has 0 unspecified atom stereocenters. The van der Waals surface area contributed by atoms with Gasteiger partial charge in [0.1, 0.15) is 0 Å². The maximum Gasteiger partial charge on any atom is 0.0746 e. The quantitative estimate of drug-likeness (QED) is 0.220. The molecular formula is C44H29N5. The summed E-state index contributed by atoms with van der Waals surface area (Å²) in [5.74, 6) is 0. The van der Waals surface area contributed by atoms with Gasteiger partial charge in [-0.05, 0) is 70.8 Å². The molecule has 6 heterocycles. The van der Waals surface area contributed by atoms with E-state index in [4.69, 9.17) is 9.98 Å². The standard InChI is InChI=1S/C44H29N5/c1-5-13-29(14-6-1)41-33-21-22-34(45-33)42(30-15-7-2-8-16-30)39-27-28-40-44(32-19-11-4-12-20-32)36-24-23-35(46-36)43(31-17-9-3-10-18-31)38-26-25-37(41)48(38)47-49(39)40/h1-28,47H/b41-33-,41-37?,42-34?,42-39-,43-35-,43-38?,44-36?,44-40-. The van der Waals surface area contributed by atoms with Gasteiger partial charge in [-0.2, -0.15) is 0 Å². The number of rotatable bonds is 4. The zero-order chi connectivity index (χ0) is 32.3. The summed E-state index contributed by atoms with van der Waals surface area (Å²) in [6, 6.07) is 51.1. The average Bonchev–Trinajstić information content (AvgIpc) is 3.98. The lowest BCUT2D eigenvalue weighted by molar-refractivity contribution is 0.710. The SMILES string of the molecule is C1=C/C2=C(\c3ccccc3)c3ccc4n3Nn3/c(cc/c3=C(\c3ccccc3)C3=N/C(=C\4c4ccccc4)C=C3)=C(/c3ccccc3)C1=N2. The normalized spacial score (nSPS) is 20.9. The van der Waals surface area contributed by atoms with E-state index in [0.717, 1.165) is 89.4 Å². The summed E-state index contributed by atoms with van der Waals surface area (Å²) in [5.41, 5.74) is 18.2. The highest BCUT2D eigenvalue weighted by atomic mass is 15.7. The van der Waals surface area contributed by atoms with Gasteiger partial charge in [0.15, 0.2) is 0 Å². The molecule has 6 bridgehead atoms. The van der Waals surface area contributed by atoms with Crippen molar-refractivity contribution in [3.63, 3.8) is 0 Å². The van der Waals surface area contributed by atoms with Crippen LogP contribution in [0.1, 0.15) is 33.6 Å². The fraction of sp³-hybridized carbons (Fsp3) is 0. The van der Waals surface area contributed by atoms with Crippen LogP contribution in [-0.2, 0) is 0 Å². The summed E-state index contributed by atoms with van der Waals surface area (Å²) in [5, 5.41) is 2.00. The van der Waals surface area contributed by atoms with Crippen LogP contribution >= 0.6 is 0 Å². The molecule has 49 heavy (non-hydrogen) atoms. The van der Waals surface area contributed by atoms with E-state index < -0.39 is 0 Å². The van der Waals surface area contributed by atoms with E-state index in [0.29, 0.717) is 0 Å². The Balaban J connectivity index is 1.43. The topological polar surface area (TPSA) is 46.6 Å². The number of aromatic nitrogens is 2. The van der Waals surface area contributed by atoms with E-state index >= 15 is 0 Å². The van der Waals surface area contributed by atoms with Crippen molar-refractivity contribution in [3.05, 3.63) is 226 Å². The highest BCUT2D eigenvalue weighted by Gasteiger charge is 2.28. The summed E-state index contributed by atoms with van der Waals surface area (Å²) in [4.78, 5) is 10.8. The molecule has 0 aliphatic carbocycles. The van der Waals surface area contributed by atoms with Crippen LogP contribution in [0.5, 0.6) is 0 Å². The van der Waals surface area contributed by atoms with E-state index in [1.54, 1.807) is 0 Å². The average molecular weight is 628 g/mol. The molecular weight excluding hydrogens is 599 g/mol. The molecule has 5 heteroatoms. The van der Waals surface area contributed by atoms with Crippen LogP contribution in [0.4, 0.5) is 0 Å². The minimum Gasteiger partial charge on any atom is -0.248 e. The summed E-state index contributed by atoms with van der Waals surface area (Å²) in [6.07, 6.45) is 8.62. The van der Waals surface area contributed by atoms with Crippen LogP contribution in [0.3, 0.4) is 0 Å². The Morgan fingerprint density at radius 2 is 0.714 bits per heavy atom.